The fraction of sp³-hybridized carbons (Fsp3) is 0.600. The highest BCUT2D eigenvalue weighted by Gasteiger charge is 2.45. The maximum Gasteiger partial charge on any atom is 0.264 e. The third-order valence-corrected chi connectivity index (χ3v) is 5.89. The van der Waals surface area contributed by atoms with Gasteiger partial charge >= 0.3 is 0 Å². The highest BCUT2D eigenvalue weighted by molar-refractivity contribution is 6.25. The molecule has 2 heterocycles. The molecule has 1 unspecified atom stereocenters. The Labute approximate surface area is 226 Å². The number of hydrogen-bond acceptors (Lipinski definition) is 10. The third-order valence-electron chi connectivity index (χ3n) is 5.74. The topological polar surface area (TPSA) is 142 Å². The van der Waals surface area contributed by atoms with Gasteiger partial charge in [0.1, 0.15) is 6.04 Å². The van der Waals surface area contributed by atoms with Gasteiger partial charge in [0.05, 0.1) is 77.2 Å². The molecule has 1 fully saturated rings. The number of piperidine rings is 1. The van der Waals surface area contributed by atoms with Crippen molar-refractivity contribution >= 4 is 40.9 Å². The van der Waals surface area contributed by atoms with Gasteiger partial charge in [0.2, 0.25) is 11.8 Å². The molecule has 0 bridgehead atoms. The smallest absolute Gasteiger partial charge is 0.264 e. The Bertz CT molecular complexity index is 962. The number of halogens is 1. The minimum Gasteiger partial charge on any atom is -0.382 e. The molecule has 0 radical (unpaired) electrons. The van der Waals surface area contributed by atoms with E-state index >= 15 is 0 Å². The van der Waals surface area contributed by atoms with E-state index in [9.17, 15) is 19.2 Å². The largest absolute Gasteiger partial charge is 0.382 e. The molecule has 1 atom stereocenters. The van der Waals surface area contributed by atoms with Gasteiger partial charge in [0.25, 0.3) is 11.8 Å². The van der Waals surface area contributed by atoms with E-state index in [1.165, 1.54) is 0 Å². The number of carbonyl (C=O) groups is 4. The van der Waals surface area contributed by atoms with Crippen LogP contribution in [0.2, 0.25) is 0 Å². The maximum atomic E-state index is 13.1. The Morgan fingerprint density at radius 1 is 0.816 bits per heavy atom. The van der Waals surface area contributed by atoms with Crippen molar-refractivity contribution in [2.75, 3.05) is 83.8 Å². The van der Waals surface area contributed by atoms with E-state index in [2.05, 4.69) is 10.6 Å². The number of nitrogens with zero attached hydrogens (tertiary/aromatic N) is 1. The number of fused-ring (bicyclic) bond motifs is 1. The number of rotatable bonds is 19. The van der Waals surface area contributed by atoms with E-state index in [1.54, 1.807) is 18.2 Å². The summed E-state index contributed by atoms with van der Waals surface area (Å²) >= 11 is 5.50. The molecule has 210 valence electrons. The molecule has 0 aliphatic carbocycles. The first-order chi connectivity index (χ1) is 18.5. The second-order valence-corrected chi connectivity index (χ2v) is 8.73. The zero-order valence-corrected chi connectivity index (χ0v) is 22.0. The number of hydrogen-bond donors (Lipinski definition) is 2. The quantitative estimate of drug-likeness (QED) is 0.143. The Balaban J connectivity index is 1.26. The molecule has 12 nitrogen and oxygen atoms in total. The summed E-state index contributed by atoms with van der Waals surface area (Å²) < 4.78 is 26.9. The number of alkyl halides is 1. The third kappa shape index (κ3) is 8.72. The number of benzene rings is 1. The monoisotopic (exact) mass is 555 g/mol. The molecule has 4 amide bonds. The number of anilines is 1. The lowest BCUT2D eigenvalue weighted by Gasteiger charge is -2.27. The molecule has 2 aliphatic heterocycles. The normalized spacial score (nSPS) is 17.2. The van der Waals surface area contributed by atoms with Crippen LogP contribution in [0.4, 0.5) is 5.69 Å². The van der Waals surface area contributed by atoms with Crippen molar-refractivity contribution in [3.8, 4) is 0 Å². The van der Waals surface area contributed by atoms with Crippen LogP contribution in [0.1, 0.15) is 33.6 Å². The lowest BCUT2D eigenvalue weighted by Crippen LogP contribution is -2.54. The van der Waals surface area contributed by atoms with Crippen LogP contribution in [-0.4, -0.2) is 113 Å². The average molecular weight is 556 g/mol. The van der Waals surface area contributed by atoms with Crippen molar-refractivity contribution in [2.45, 2.75) is 18.9 Å². The Morgan fingerprint density at radius 2 is 1.39 bits per heavy atom. The lowest BCUT2D eigenvalue weighted by molar-refractivity contribution is -0.136. The summed E-state index contributed by atoms with van der Waals surface area (Å²) in [5.74, 6) is -1.67. The Kier molecular flexibility index (Phi) is 12.9. The van der Waals surface area contributed by atoms with Crippen LogP contribution in [0.3, 0.4) is 0 Å². The minimum atomic E-state index is -0.999. The standard InChI is InChI=1S/C25H34ClN3O9/c26-6-8-34-10-12-36-14-16-38-17-15-37-13-11-35-9-7-27-19-3-1-2-18-22(19)25(33)29(24(18)32)20-4-5-21(30)28-23(20)31/h1-3,20,27H,4-17H2,(H,28,30,31). The van der Waals surface area contributed by atoms with E-state index in [1.807, 2.05) is 0 Å². The molecule has 2 N–H and O–H groups in total. The summed E-state index contributed by atoms with van der Waals surface area (Å²) in [6.07, 6.45) is 0.186. The van der Waals surface area contributed by atoms with Crippen LogP contribution in [0.15, 0.2) is 18.2 Å². The molecule has 38 heavy (non-hydrogen) atoms. The van der Waals surface area contributed by atoms with Crippen molar-refractivity contribution in [1.29, 1.82) is 0 Å². The van der Waals surface area contributed by atoms with Crippen molar-refractivity contribution in [3.05, 3.63) is 29.3 Å². The van der Waals surface area contributed by atoms with Crippen LogP contribution >= 0.6 is 11.6 Å². The van der Waals surface area contributed by atoms with Gasteiger partial charge in [0, 0.05) is 24.5 Å². The van der Waals surface area contributed by atoms with Gasteiger partial charge in [-0.25, -0.2) is 0 Å². The summed E-state index contributed by atoms with van der Waals surface area (Å²) in [4.78, 5) is 50.5. The fourth-order valence-corrected chi connectivity index (χ4v) is 4.07. The van der Waals surface area contributed by atoms with Gasteiger partial charge in [-0.1, -0.05) is 6.07 Å². The van der Waals surface area contributed by atoms with E-state index in [4.69, 9.17) is 35.3 Å². The molecular weight excluding hydrogens is 522 g/mol. The van der Waals surface area contributed by atoms with E-state index < -0.39 is 29.7 Å². The van der Waals surface area contributed by atoms with E-state index in [0.29, 0.717) is 84.2 Å². The van der Waals surface area contributed by atoms with Crippen LogP contribution in [-0.2, 0) is 33.3 Å². The molecule has 3 rings (SSSR count). The first-order valence-electron chi connectivity index (χ1n) is 12.6. The molecular formula is C25H34ClN3O9. The summed E-state index contributed by atoms with van der Waals surface area (Å²) in [6.45, 7) is 4.95. The van der Waals surface area contributed by atoms with Gasteiger partial charge in [-0.05, 0) is 18.6 Å². The zero-order chi connectivity index (χ0) is 27.2. The molecule has 1 aromatic carbocycles. The number of amides is 4. The number of imide groups is 2. The maximum absolute atomic E-state index is 13.1. The van der Waals surface area contributed by atoms with Gasteiger partial charge in [-0.3, -0.25) is 29.4 Å². The minimum absolute atomic E-state index is 0.0737. The molecule has 1 aromatic rings. The van der Waals surface area contributed by atoms with Crippen LogP contribution < -0.4 is 10.6 Å². The van der Waals surface area contributed by atoms with Crippen molar-refractivity contribution < 1.29 is 42.9 Å². The summed E-state index contributed by atoms with van der Waals surface area (Å²) in [5.41, 5.74) is 0.930. The van der Waals surface area contributed by atoms with Gasteiger partial charge < -0.3 is 29.0 Å². The predicted molar refractivity (Wildman–Crippen MR) is 136 cm³/mol. The van der Waals surface area contributed by atoms with Crippen LogP contribution in [0, 0.1) is 0 Å². The summed E-state index contributed by atoms with van der Waals surface area (Å²) in [5, 5.41) is 5.31. The SMILES string of the molecule is O=C1CCC(N2C(=O)c3cccc(NCCOCCOCCOCCOCCOCCCl)c3C2=O)C(=O)N1. The van der Waals surface area contributed by atoms with Gasteiger partial charge in [-0.2, -0.15) is 0 Å². The predicted octanol–water partition coefficient (Wildman–Crippen LogP) is 0.822. The summed E-state index contributed by atoms with van der Waals surface area (Å²) in [6, 6.07) is 3.92. The first-order valence-corrected chi connectivity index (χ1v) is 13.1. The Morgan fingerprint density at radius 3 is 1.97 bits per heavy atom. The molecule has 0 aromatic heterocycles. The van der Waals surface area contributed by atoms with E-state index in [0.717, 1.165) is 4.90 Å². The van der Waals surface area contributed by atoms with Crippen molar-refractivity contribution in [1.82, 2.24) is 10.2 Å². The van der Waals surface area contributed by atoms with Crippen LogP contribution in [0.5, 0.6) is 0 Å². The van der Waals surface area contributed by atoms with E-state index in [-0.39, 0.29) is 24.0 Å². The molecule has 1 saturated heterocycles. The molecule has 13 heteroatoms. The highest BCUT2D eigenvalue weighted by atomic mass is 35.5. The molecule has 2 aliphatic rings. The fourth-order valence-electron chi connectivity index (χ4n) is 3.96. The summed E-state index contributed by atoms with van der Waals surface area (Å²) in [7, 11) is 0. The van der Waals surface area contributed by atoms with Crippen molar-refractivity contribution in [3.63, 3.8) is 0 Å². The molecule has 0 spiro atoms. The van der Waals surface area contributed by atoms with Gasteiger partial charge in [0.15, 0.2) is 0 Å². The average Bonchev–Trinajstić information content (AvgIpc) is 3.16. The second-order valence-electron chi connectivity index (χ2n) is 8.35. The first kappa shape index (κ1) is 29.9. The Hall–Kier alpha value is -2.61. The van der Waals surface area contributed by atoms with Crippen LogP contribution in [0.25, 0.3) is 0 Å². The number of nitrogens with one attached hydrogen (secondary N) is 2. The molecule has 0 saturated carbocycles. The van der Waals surface area contributed by atoms with Crippen molar-refractivity contribution in [2.24, 2.45) is 0 Å². The van der Waals surface area contributed by atoms with Gasteiger partial charge in [-0.15, -0.1) is 11.6 Å². The number of carbonyl (C=O) groups excluding carboxylic acids is 4. The lowest BCUT2D eigenvalue weighted by atomic mass is 10.0. The second kappa shape index (κ2) is 16.4. The number of ether oxygens (including phenoxy) is 5. The zero-order valence-electron chi connectivity index (χ0n) is 21.2. The highest BCUT2D eigenvalue weighted by Crippen LogP contribution is 2.32.